The van der Waals surface area contributed by atoms with E-state index >= 15 is 0 Å². The summed E-state index contributed by atoms with van der Waals surface area (Å²) in [5, 5.41) is 1.80. The minimum atomic E-state index is 0.774. The first kappa shape index (κ1) is 11.1. The molecule has 90 valence electrons. The number of pyridine rings is 1. The molecular formula is C13H16ClN3. The van der Waals surface area contributed by atoms with Crippen LogP contribution >= 0.6 is 11.6 Å². The Balaban J connectivity index is 1.83. The van der Waals surface area contributed by atoms with Gasteiger partial charge < -0.3 is 4.98 Å². The number of H-pyrrole nitrogens is 1. The predicted octanol–water partition coefficient (Wildman–Crippen LogP) is 3.20. The number of aromatic nitrogens is 2. The van der Waals surface area contributed by atoms with E-state index in [1.54, 1.807) is 6.20 Å². The van der Waals surface area contributed by atoms with Crippen molar-refractivity contribution in [3.63, 3.8) is 0 Å². The molecule has 0 spiro atoms. The Labute approximate surface area is 106 Å². The van der Waals surface area contributed by atoms with Crippen LogP contribution in [0.25, 0.3) is 11.0 Å². The lowest BCUT2D eigenvalue weighted by molar-refractivity contribution is 0.219. The quantitative estimate of drug-likeness (QED) is 0.886. The molecular weight excluding hydrogens is 234 g/mol. The van der Waals surface area contributed by atoms with Gasteiger partial charge in [0.25, 0.3) is 0 Å². The van der Waals surface area contributed by atoms with Gasteiger partial charge >= 0.3 is 0 Å². The Morgan fingerprint density at radius 2 is 2.12 bits per heavy atom. The number of nitrogens with zero attached hydrogens (tertiary/aromatic N) is 2. The second-order valence-electron chi connectivity index (χ2n) is 4.69. The minimum Gasteiger partial charge on any atom is -0.342 e. The molecule has 3 heterocycles. The molecule has 0 radical (unpaired) electrons. The summed E-state index contributed by atoms with van der Waals surface area (Å²) >= 11 is 6.14. The van der Waals surface area contributed by atoms with Crippen molar-refractivity contribution >= 4 is 22.6 Å². The van der Waals surface area contributed by atoms with Crippen molar-refractivity contribution in [2.24, 2.45) is 0 Å². The summed E-state index contributed by atoms with van der Waals surface area (Å²) in [7, 11) is 0. The summed E-state index contributed by atoms with van der Waals surface area (Å²) in [6.07, 6.45) is 5.75. The third kappa shape index (κ3) is 2.31. The highest BCUT2D eigenvalue weighted by Gasteiger charge is 2.12. The van der Waals surface area contributed by atoms with Crippen molar-refractivity contribution < 1.29 is 0 Å². The van der Waals surface area contributed by atoms with Crippen LogP contribution in [0, 0.1) is 0 Å². The van der Waals surface area contributed by atoms with Gasteiger partial charge in [0.1, 0.15) is 5.65 Å². The number of likely N-dealkylation sites (tertiary alicyclic amines) is 1. The van der Waals surface area contributed by atoms with Crippen LogP contribution in [0.1, 0.15) is 25.0 Å². The lowest BCUT2D eigenvalue weighted by Crippen LogP contribution is -2.29. The Morgan fingerprint density at radius 3 is 2.88 bits per heavy atom. The van der Waals surface area contributed by atoms with Crippen molar-refractivity contribution in [2.45, 2.75) is 25.8 Å². The van der Waals surface area contributed by atoms with E-state index in [0.717, 1.165) is 22.6 Å². The van der Waals surface area contributed by atoms with Crippen LogP contribution in [0.2, 0.25) is 5.02 Å². The summed E-state index contributed by atoms with van der Waals surface area (Å²) in [5.74, 6) is 0. The van der Waals surface area contributed by atoms with E-state index < -0.39 is 0 Å². The largest absolute Gasteiger partial charge is 0.342 e. The van der Waals surface area contributed by atoms with Gasteiger partial charge in [0.05, 0.1) is 5.02 Å². The standard InChI is InChI=1S/C13H16ClN3/c14-12-4-5-15-13-11(12)8-10(16-13)9-17-6-2-1-3-7-17/h4-5,8H,1-3,6-7,9H2,(H,15,16). The molecule has 2 aromatic rings. The molecule has 1 aliphatic rings. The first-order valence-corrected chi connectivity index (χ1v) is 6.55. The van der Waals surface area contributed by atoms with E-state index in [2.05, 4.69) is 20.9 Å². The molecule has 0 unspecified atom stereocenters. The molecule has 0 aromatic carbocycles. The molecule has 17 heavy (non-hydrogen) atoms. The number of fused-ring (bicyclic) bond motifs is 1. The second-order valence-corrected chi connectivity index (χ2v) is 5.09. The highest BCUT2D eigenvalue weighted by atomic mass is 35.5. The van der Waals surface area contributed by atoms with Gasteiger partial charge in [0.15, 0.2) is 0 Å². The number of halogens is 1. The van der Waals surface area contributed by atoms with E-state index in [1.807, 2.05) is 6.07 Å². The monoisotopic (exact) mass is 249 g/mol. The zero-order valence-corrected chi connectivity index (χ0v) is 10.5. The number of aromatic amines is 1. The fourth-order valence-corrected chi connectivity index (χ4v) is 2.69. The normalized spacial score (nSPS) is 17.7. The Hall–Kier alpha value is -1.06. The molecule has 0 amide bonds. The van der Waals surface area contributed by atoms with Crippen LogP contribution in [-0.2, 0) is 6.54 Å². The van der Waals surface area contributed by atoms with Gasteiger partial charge in [0, 0.05) is 23.8 Å². The Morgan fingerprint density at radius 1 is 1.29 bits per heavy atom. The van der Waals surface area contributed by atoms with Crippen LogP contribution < -0.4 is 0 Å². The van der Waals surface area contributed by atoms with Crippen molar-refractivity contribution in [2.75, 3.05) is 13.1 Å². The highest BCUT2D eigenvalue weighted by molar-refractivity contribution is 6.35. The summed E-state index contributed by atoms with van der Waals surface area (Å²) < 4.78 is 0. The highest BCUT2D eigenvalue weighted by Crippen LogP contribution is 2.23. The van der Waals surface area contributed by atoms with Gasteiger partial charge in [-0.3, -0.25) is 4.90 Å². The average Bonchev–Trinajstić information content (AvgIpc) is 2.74. The van der Waals surface area contributed by atoms with Gasteiger partial charge in [0.2, 0.25) is 0 Å². The first-order chi connectivity index (χ1) is 8.33. The van der Waals surface area contributed by atoms with Crippen LogP contribution in [0.4, 0.5) is 0 Å². The predicted molar refractivity (Wildman–Crippen MR) is 70.2 cm³/mol. The molecule has 1 N–H and O–H groups in total. The number of nitrogens with one attached hydrogen (secondary N) is 1. The molecule has 3 rings (SSSR count). The number of hydrogen-bond donors (Lipinski definition) is 1. The summed E-state index contributed by atoms with van der Waals surface area (Å²) in [5.41, 5.74) is 2.10. The molecule has 4 heteroatoms. The third-order valence-corrected chi connectivity index (χ3v) is 3.71. The molecule has 0 aliphatic carbocycles. The van der Waals surface area contributed by atoms with E-state index in [0.29, 0.717) is 0 Å². The zero-order chi connectivity index (χ0) is 11.7. The van der Waals surface area contributed by atoms with E-state index in [9.17, 15) is 0 Å². The van der Waals surface area contributed by atoms with Crippen LogP contribution in [0.5, 0.6) is 0 Å². The Kier molecular flexibility index (Phi) is 3.04. The lowest BCUT2D eigenvalue weighted by atomic mass is 10.1. The minimum absolute atomic E-state index is 0.774. The fraction of sp³-hybridized carbons (Fsp3) is 0.462. The van der Waals surface area contributed by atoms with Crippen LogP contribution in [0.15, 0.2) is 18.3 Å². The van der Waals surface area contributed by atoms with Crippen molar-refractivity contribution in [1.29, 1.82) is 0 Å². The topological polar surface area (TPSA) is 31.9 Å². The fourth-order valence-electron chi connectivity index (χ4n) is 2.49. The summed E-state index contributed by atoms with van der Waals surface area (Å²) in [6.45, 7) is 3.39. The van der Waals surface area contributed by atoms with Gasteiger partial charge in [-0.25, -0.2) is 4.98 Å². The SMILES string of the molecule is Clc1ccnc2[nH]c(CN3CCCCC3)cc12. The molecule has 0 saturated carbocycles. The number of piperidine rings is 1. The molecule has 1 saturated heterocycles. The summed E-state index contributed by atoms with van der Waals surface area (Å²) in [6, 6.07) is 3.96. The second kappa shape index (κ2) is 4.67. The smallest absolute Gasteiger partial charge is 0.138 e. The molecule has 3 nitrogen and oxygen atoms in total. The van der Waals surface area contributed by atoms with Gasteiger partial charge in [-0.05, 0) is 38.1 Å². The maximum Gasteiger partial charge on any atom is 0.138 e. The van der Waals surface area contributed by atoms with Crippen molar-refractivity contribution in [3.05, 3.63) is 29.0 Å². The first-order valence-electron chi connectivity index (χ1n) is 6.17. The van der Waals surface area contributed by atoms with E-state index in [-0.39, 0.29) is 0 Å². The van der Waals surface area contributed by atoms with Gasteiger partial charge in [-0.2, -0.15) is 0 Å². The molecule has 2 aromatic heterocycles. The van der Waals surface area contributed by atoms with Crippen molar-refractivity contribution in [3.8, 4) is 0 Å². The van der Waals surface area contributed by atoms with Crippen LogP contribution in [-0.4, -0.2) is 28.0 Å². The molecule has 0 atom stereocenters. The molecule has 0 bridgehead atoms. The summed E-state index contributed by atoms with van der Waals surface area (Å²) in [4.78, 5) is 10.1. The van der Waals surface area contributed by atoms with Gasteiger partial charge in [-0.1, -0.05) is 18.0 Å². The third-order valence-electron chi connectivity index (χ3n) is 3.38. The number of hydrogen-bond acceptors (Lipinski definition) is 2. The maximum absolute atomic E-state index is 6.14. The average molecular weight is 250 g/mol. The maximum atomic E-state index is 6.14. The van der Waals surface area contributed by atoms with E-state index in [4.69, 9.17) is 11.6 Å². The van der Waals surface area contributed by atoms with E-state index in [1.165, 1.54) is 38.0 Å². The van der Waals surface area contributed by atoms with Crippen molar-refractivity contribution in [1.82, 2.24) is 14.9 Å². The molecule has 1 aliphatic heterocycles. The van der Waals surface area contributed by atoms with Gasteiger partial charge in [-0.15, -0.1) is 0 Å². The lowest BCUT2D eigenvalue weighted by Gasteiger charge is -2.25. The Bertz CT molecular complexity index is 514. The number of rotatable bonds is 2. The molecule has 1 fully saturated rings. The van der Waals surface area contributed by atoms with Crippen LogP contribution in [0.3, 0.4) is 0 Å². The zero-order valence-electron chi connectivity index (χ0n) is 9.75.